The maximum atomic E-state index is 13.0. The van der Waals surface area contributed by atoms with E-state index in [0.717, 1.165) is 37.0 Å². The fourth-order valence-corrected chi connectivity index (χ4v) is 3.53. The van der Waals surface area contributed by atoms with Gasteiger partial charge < -0.3 is 10.0 Å². The number of hydrogen-bond donors (Lipinski definition) is 1. The molecule has 0 radical (unpaired) electrons. The van der Waals surface area contributed by atoms with Crippen LogP contribution in [0.1, 0.15) is 31.4 Å². The van der Waals surface area contributed by atoms with Crippen molar-refractivity contribution in [1.29, 1.82) is 0 Å². The van der Waals surface area contributed by atoms with E-state index in [1.807, 2.05) is 48.5 Å². The van der Waals surface area contributed by atoms with Crippen LogP contribution >= 0.6 is 0 Å². The van der Waals surface area contributed by atoms with Gasteiger partial charge in [-0.2, -0.15) is 0 Å². The van der Waals surface area contributed by atoms with Gasteiger partial charge in [0.1, 0.15) is 0 Å². The third-order valence-electron chi connectivity index (χ3n) is 5.25. The number of hydrogen-bond acceptors (Lipinski definition) is 4. The lowest BCUT2D eigenvalue weighted by Crippen LogP contribution is -2.24. The van der Waals surface area contributed by atoms with Crippen molar-refractivity contribution >= 4 is 17.0 Å². The van der Waals surface area contributed by atoms with Crippen LogP contribution in [0.15, 0.2) is 64.4 Å². The molecule has 0 bridgehead atoms. The fourth-order valence-electron chi connectivity index (χ4n) is 3.53. The predicted octanol–water partition coefficient (Wildman–Crippen LogP) is 3.91. The van der Waals surface area contributed by atoms with Gasteiger partial charge in [-0.25, -0.2) is 0 Å². The normalized spacial score (nSPS) is 11.7. The number of rotatable bonds is 9. The standard InChI is InChI=1S/C24H29N3O2/c1-3-26(4-2)16-10-15-25-17-22-20-13-8-9-14-21(20)23(28)27(24(22)29)18-19-11-6-5-7-12-19/h5-9,11-14,17,29H,3-4,10,15-16,18H2,1-2H3. The van der Waals surface area contributed by atoms with Gasteiger partial charge in [0.05, 0.1) is 12.1 Å². The molecule has 152 valence electrons. The lowest BCUT2D eigenvalue weighted by Gasteiger charge is -2.16. The molecule has 0 fully saturated rings. The number of pyridine rings is 1. The predicted molar refractivity (Wildman–Crippen MR) is 120 cm³/mol. The second-order valence-electron chi connectivity index (χ2n) is 7.08. The molecule has 5 heteroatoms. The Labute approximate surface area is 171 Å². The summed E-state index contributed by atoms with van der Waals surface area (Å²) < 4.78 is 1.43. The SMILES string of the molecule is CCN(CC)CCCN=Cc1c(O)n(Cc2ccccc2)c(=O)c2ccccc12. The summed E-state index contributed by atoms with van der Waals surface area (Å²) in [4.78, 5) is 19.9. The molecule has 3 rings (SSSR count). The van der Waals surface area contributed by atoms with Crippen molar-refractivity contribution in [3.05, 3.63) is 76.1 Å². The van der Waals surface area contributed by atoms with Gasteiger partial charge in [-0.15, -0.1) is 0 Å². The van der Waals surface area contributed by atoms with Crippen molar-refractivity contribution in [3.63, 3.8) is 0 Å². The number of benzene rings is 2. The minimum absolute atomic E-state index is 0.0370. The Bertz CT molecular complexity index is 1020. The van der Waals surface area contributed by atoms with E-state index in [4.69, 9.17) is 0 Å². The van der Waals surface area contributed by atoms with E-state index in [2.05, 4.69) is 23.7 Å². The van der Waals surface area contributed by atoms with Gasteiger partial charge in [0, 0.05) is 23.5 Å². The van der Waals surface area contributed by atoms with Crippen molar-refractivity contribution < 1.29 is 5.11 Å². The maximum absolute atomic E-state index is 13.0. The summed E-state index contributed by atoms with van der Waals surface area (Å²) in [6, 6.07) is 17.1. The molecule has 2 aromatic carbocycles. The van der Waals surface area contributed by atoms with Gasteiger partial charge in [-0.05, 0) is 37.7 Å². The number of fused-ring (bicyclic) bond motifs is 1. The zero-order valence-corrected chi connectivity index (χ0v) is 17.2. The molecule has 3 aromatic rings. The molecule has 29 heavy (non-hydrogen) atoms. The van der Waals surface area contributed by atoms with Crippen LogP contribution in [0.25, 0.3) is 10.8 Å². The summed E-state index contributed by atoms with van der Waals surface area (Å²) in [5.74, 6) is -0.0370. The Hall–Kier alpha value is -2.92. The summed E-state index contributed by atoms with van der Waals surface area (Å²) in [6.45, 7) is 8.40. The lowest BCUT2D eigenvalue weighted by molar-refractivity contribution is 0.302. The molecule has 0 atom stereocenters. The van der Waals surface area contributed by atoms with Crippen LogP contribution in [0.5, 0.6) is 5.88 Å². The summed E-state index contributed by atoms with van der Waals surface area (Å²) in [5, 5.41) is 12.2. The summed E-state index contributed by atoms with van der Waals surface area (Å²) in [7, 11) is 0. The van der Waals surface area contributed by atoms with Crippen LogP contribution in [-0.4, -0.2) is 47.0 Å². The van der Waals surface area contributed by atoms with Gasteiger partial charge in [-0.3, -0.25) is 14.4 Å². The minimum atomic E-state index is -0.194. The third-order valence-corrected chi connectivity index (χ3v) is 5.25. The maximum Gasteiger partial charge on any atom is 0.261 e. The lowest BCUT2D eigenvalue weighted by atomic mass is 10.1. The molecule has 0 aliphatic carbocycles. The van der Waals surface area contributed by atoms with Crippen LogP contribution < -0.4 is 5.56 Å². The highest BCUT2D eigenvalue weighted by Crippen LogP contribution is 2.24. The topological polar surface area (TPSA) is 57.8 Å². The summed E-state index contributed by atoms with van der Waals surface area (Å²) in [5.41, 5.74) is 1.36. The van der Waals surface area contributed by atoms with E-state index in [1.54, 1.807) is 12.3 Å². The van der Waals surface area contributed by atoms with Crippen molar-refractivity contribution in [2.24, 2.45) is 4.99 Å². The molecular formula is C24H29N3O2. The first kappa shape index (κ1) is 20.8. The van der Waals surface area contributed by atoms with Crippen molar-refractivity contribution in [1.82, 2.24) is 9.47 Å². The molecular weight excluding hydrogens is 362 g/mol. The fraction of sp³-hybridized carbons (Fsp3) is 0.333. The monoisotopic (exact) mass is 391 g/mol. The number of aromatic hydroxyl groups is 1. The molecule has 0 saturated heterocycles. The Morgan fingerprint density at radius 3 is 2.34 bits per heavy atom. The number of aromatic nitrogens is 1. The highest BCUT2D eigenvalue weighted by molar-refractivity contribution is 6.01. The Kier molecular flexibility index (Phi) is 7.19. The molecule has 1 aromatic heterocycles. The van der Waals surface area contributed by atoms with E-state index in [-0.39, 0.29) is 11.4 Å². The smallest absolute Gasteiger partial charge is 0.261 e. The Morgan fingerprint density at radius 1 is 1.00 bits per heavy atom. The Morgan fingerprint density at radius 2 is 1.66 bits per heavy atom. The van der Waals surface area contributed by atoms with Crippen LogP contribution in [0, 0.1) is 0 Å². The molecule has 0 saturated carbocycles. The highest BCUT2D eigenvalue weighted by Gasteiger charge is 2.15. The largest absolute Gasteiger partial charge is 0.494 e. The van der Waals surface area contributed by atoms with Crippen LogP contribution in [0.2, 0.25) is 0 Å². The van der Waals surface area contributed by atoms with Gasteiger partial charge in [0.2, 0.25) is 5.88 Å². The third kappa shape index (κ3) is 4.93. The molecule has 0 amide bonds. The van der Waals surface area contributed by atoms with Gasteiger partial charge >= 0.3 is 0 Å². The zero-order chi connectivity index (χ0) is 20.6. The highest BCUT2D eigenvalue weighted by atomic mass is 16.3. The van der Waals surface area contributed by atoms with Gasteiger partial charge in [0.25, 0.3) is 5.56 Å². The second kappa shape index (κ2) is 10.0. The molecule has 1 N–H and O–H groups in total. The summed E-state index contributed by atoms with van der Waals surface area (Å²) in [6.07, 6.45) is 2.67. The second-order valence-corrected chi connectivity index (χ2v) is 7.08. The van der Waals surface area contributed by atoms with E-state index in [9.17, 15) is 9.90 Å². The molecule has 0 aliphatic rings. The number of aliphatic imine (C=N–C) groups is 1. The number of nitrogens with zero attached hydrogens (tertiary/aromatic N) is 3. The van der Waals surface area contributed by atoms with Crippen LogP contribution in [-0.2, 0) is 6.54 Å². The first-order valence-corrected chi connectivity index (χ1v) is 10.3. The van der Waals surface area contributed by atoms with Gasteiger partial charge in [0.15, 0.2) is 0 Å². The Balaban J connectivity index is 1.91. The van der Waals surface area contributed by atoms with E-state index < -0.39 is 0 Å². The van der Waals surface area contributed by atoms with Crippen molar-refractivity contribution in [2.45, 2.75) is 26.8 Å². The zero-order valence-electron chi connectivity index (χ0n) is 17.2. The van der Waals surface area contributed by atoms with E-state index in [1.165, 1.54) is 4.57 Å². The van der Waals surface area contributed by atoms with E-state index in [0.29, 0.717) is 24.0 Å². The quantitative estimate of drug-likeness (QED) is 0.444. The first-order chi connectivity index (χ1) is 14.2. The molecule has 0 spiro atoms. The molecule has 0 unspecified atom stereocenters. The molecule has 0 aliphatic heterocycles. The van der Waals surface area contributed by atoms with Crippen molar-refractivity contribution in [3.8, 4) is 5.88 Å². The average Bonchev–Trinajstić information content (AvgIpc) is 2.76. The molecule has 1 heterocycles. The summed E-state index contributed by atoms with van der Waals surface area (Å²) >= 11 is 0. The average molecular weight is 392 g/mol. The minimum Gasteiger partial charge on any atom is -0.494 e. The van der Waals surface area contributed by atoms with E-state index >= 15 is 0 Å². The van der Waals surface area contributed by atoms with Crippen molar-refractivity contribution in [2.75, 3.05) is 26.2 Å². The first-order valence-electron chi connectivity index (χ1n) is 10.3. The van der Waals surface area contributed by atoms with Crippen LogP contribution in [0.3, 0.4) is 0 Å². The van der Waals surface area contributed by atoms with Gasteiger partial charge in [-0.1, -0.05) is 62.4 Å². The molecule has 5 nitrogen and oxygen atoms in total. The van der Waals surface area contributed by atoms with Crippen LogP contribution in [0.4, 0.5) is 0 Å².